The summed E-state index contributed by atoms with van der Waals surface area (Å²) < 4.78 is 21.0. The number of hydrogen-bond donors (Lipinski definition) is 0. The molecule has 0 N–H and O–H groups in total. The summed E-state index contributed by atoms with van der Waals surface area (Å²) in [6.07, 6.45) is 3.28. The third-order valence-corrected chi connectivity index (χ3v) is 8.26. The van der Waals surface area contributed by atoms with Crippen molar-refractivity contribution in [1.82, 2.24) is 9.13 Å². The fourth-order valence-corrected chi connectivity index (χ4v) is 6.50. The van der Waals surface area contributed by atoms with Crippen molar-refractivity contribution in [2.75, 3.05) is 13.7 Å². The number of carbonyl (C=O) groups excluding carboxylic acids is 2. The summed E-state index contributed by atoms with van der Waals surface area (Å²) in [6, 6.07) is 12.3. The quantitative estimate of drug-likeness (QED) is 0.261. The number of hydrogen-bond acceptors (Lipinski definition) is 8. The van der Waals surface area contributed by atoms with Crippen molar-refractivity contribution in [2.24, 2.45) is 4.99 Å². The molecule has 1 aliphatic rings. The molecule has 9 nitrogen and oxygen atoms in total. The lowest BCUT2D eigenvalue weighted by molar-refractivity contribution is -0.144. The van der Waals surface area contributed by atoms with Gasteiger partial charge >= 0.3 is 11.9 Å². The molecule has 0 fully saturated rings. The van der Waals surface area contributed by atoms with Gasteiger partial charge in [-0.25, -0.2) is 9.79 Å². The molecular formula is C31H30BrN3O6S. The highest BCUT2D eigenvalue weighted by atomic mass is 79.9. The lowest BCUT2D eigenvalue weighted by Crippen LogP contribution is -2.40. The Bertz CT molecular complexity index is 1920. The highest BCUT2D eigenvalue weighted by Gasteiger charge is 2.35. The number of fused-ring (bicyclic) bond motifs is 2. The minimum atomic E-state index is -0.827. The number of allylic oxidation sites excluding steroid dienone is 1. The van der Waals surface area contributed by atoms with Gasteiger partial charge in [0.25, 0.3) is 5.56 Å². The molecule has 2 aromatic carbocycles. The van der Waals surface area contributed by atoms with Crippen LogP contribution in [0.2, 0.25) is 0 Å². The van der Waals surface area contributed by atoms with Gasteiger partial charge in [0.1, 0.15) is 18.3 Å². The predicted molar refractivity (Wildman–Crippen MR) is 164 cm³/mol. The number of rotatable bonds is 8. The van der Waals surface area contributed by atoms with Crippen LogP contribution in [0.3, 0.4) is 0 Å². The average Bonchev–Trinajstić information content (AvgIpc) is 3.44. The van der Waals surface area contributed by atoms with Crippen LogP contribution in [0.1, 0.15) is 44.9 Å². The van der Waals surface area contributed by atoms with E-state index in [0.717, 1.165) is 20.9 Å². The van der Waals surface area contributed by atoms with Crippen molar-refractivity contribution < 1.29 is 23.8 Å². The molecular weight excluding hydrogens is 622 g/mol. The maximum absolute atomic E-state index is 14.2. The van der Waals surface area contributed by atoms with Gasteiger partial charge in [0, 0.05) is 32.7 Å². The van der Waals surface area contributed by atoms with Gasteiger partial charge in [0.05, 0.1) is 35.6 Å². The number of ether oxygens (including phenoxy) is 3. The zero-order valence-corrected chi connectivity index (χ0v) is 26.2. The Morgan fingerprint density at radius 3 is 2.67 bits per heavy atom. The maximum atomic E-state index is 14.2. The number of methoxy groups -OCH3 is 1. The molecule has 0 aliphatic carbocycles. The van der Waals surface area contributed by atoms with Crippen molar-refractivity contribution in [3.8, 4) is 5.75 Å². The molecule has 11 heteroatoms. The molecule has 0 unspecified atom stereocenters. The van der Waals surface area contributed by atoms with Gasteiger partial charge < -0.3 is 18.8 Å². The molecule has 0 spiro atoms. The van der Waals surface area contributed by atoms with E-state index in [4.69, 9.17) is 14.2 Å². The molecule has 0 saturated carbocycles. The molecule has 1 aliphatic heterocycles. The molecule has 218 valence electrons. The second kappa shape index (κ2) is 12.1. The molecule has 5 rings (SSSR count). The molecule has 2 aromatic heterocycles. The Hall–Kier alpha value is -3.96. The van der Waals surface area contributed by atoms with Gasteiger partial charge in [-0.3, -0.25) is 14.2 Å². The number of aromatic nitrogens is 2. The van der Waals surface area contributed by atoms with Crippen molar-refractivity contribution >= 4 is 56.2 Å². The number of benzene rings is 2. The van der Waals surface area contributed by atoms with E-state index in [0.29, 0.717) is 33.0 Å². The van der Waals surface area contributed by atoms with Crippen molar-refractivity contribution in [3.63, 3.8) is 0 Å². The van der Waals surface area contributed by atoms with E-state index in [9.17, 15) is 14.4 Å². The van der Waals surface area contributed by atoms with Crippen LogP contribution in [0.15, 0.2) is 74.2 Å². The van der Waals surface area contributed by atoms with Gasteiger partial charge in [-0.2, -0.15) is 0 Å². The van der Waals surface area contributed by atoms with Crippen LogP contribution < -0.4 is 19.6 Å². The first-order chi connectivity index (χ1) is 20.1. The Balaban J connectivity index is 1.73. The van der Waals surface area contributed by atoms with Crippen LogP contribution in [0.25, 0.3) is 17.0 Å². The predicted octanol–water partition coefficient (Wildman–Crippen LogP) is 4.48. The average molecular weight is 653 g/mol. The first-order valence-corrected chi connectivity index (χ1v) is 15.0. The van der Waals surface area contributed by atoms with Gasteiger partial charge in [-0.1, -0.05) is 45.5 Å². The summed E-state index contributed by atoms with van der Waals surface area (Å²) in [4.78, 5) is 45.0. The highest BCUT2D eigenvalue weighted by Crippen LogP contribution is 2.37. The molecule has 0 radical (unpaired) electrons. The number of carbonyl (C=O) groups is 2. The Morgan fingerprint density at radius 2 is 1.95 bits per heavy atom. The van der Waals surface area contributed by atoms with E-state index in [2.05, 4.69) is 20.9 Å². The van der Waals surface area contributed by atoms with Gasteiger partial charge in [-0.05, 0) is 58.0 Å². The number of nitrogens with zero attached hydrogens (tertiary/aromatic N) is 3. The summed E-state index contributed by atoms with van der Waals surface area (Å²) in [5.74, 6) is -0.373. The molecule has 0 bridgehead atoms. The fraction of sp³-hybridized carbons (Fsp3) is 0.290. The molecule has 0 saturated heterocycles. The van der Waals surface area contributed by atoms with E-state index in [1.807, 2.05) is 47.2 Å². The van der Waals surface area contributed by atoms with Gasteiger partial charge in [0.15, 0.2) is 4.80 Å². The molecule has 42 heavy (non-hydrogen) atoms. The first kappa shape index (κ1) is 29.5. The normalized spacial score (nSPS) is 15.1. The van der Waals surface area contributed by atoms with Crippen LogP contribution in [0.4, 0.5) is 0 Å². The number of para-hydroxylation sites is 1. The minimum absolute atomic E-state index is 0.0483. The van der Waals surface area contributed by atoms with Crippen molar-refractivity contribution in [1.29, 1.82) is 0 Å². The van der Waals surface area contributed by atoms with E-state index in [-0.39, 0.29) is 29.8 Å². The second-order valence-electron chi connectivity index (χ2n) is 9.96. The summed E-state index contributed by atoms with van der Waals surface area (Å²) in [7, 11) is 1.55. The maximum Gasteiger partial charge on any atom is 0.338 e. The van der Waals surface area contributed by atoms with E-state index in [1.54, 1.807) is 46.9 Å². The van der Waals surface area contributed by atoms with Crippen LogP contribution >= 0.6 is 27.3 Å². The van der Waals surface area contributed by atoms with Crippen LogP contribution in [-0.2, 0) is 25.6 Å². The third-order valence-electron chi connectivity index (χ3n) is 6.78. The number of thiazole rings is 1. The Labute approximate surface area is 254 Å². The Kier molecular flexibility index (Phi) is 8.51. The molecule has 0 amide bonds. The van der Waals surface area contributed by atoms with E-state index < -0.39 is 12.0 Å². The third kappa shape index (κ3) is 5.58. The number of halogens is 1. The summed E-state index contributed by atoms with van der Waals surface area (Å²) in [5, 5.41) is 0.884. The van der Waals surface area contributed by atoms with E-state index >= 15 is 0 Å². The van der Waals surface area contributed by atoms with Crippen LogP contribution in [0, 0.1) is 0 Å². The zero-order valence-electron chi connectivity index (χ0n) is 23.8. The summed E-state index contributed by atoms with van der Waals surface area (Å²) >= 11 is 4.76. The monoisotopic (exact) mass is 651 g/mol. The van der Waals surface area contributed by atoms with Crippen molar-refractivity contribution in [2.45, 2.75) is 46.4 Å². The molecule has 1 atom stereocenters. The van der Waals surface area contributed by atoms with E-state index in [1.165, 1.54) is 15.9 Å². The molecule has 3 heterocycles. The first-order valence-electron chi connectivity index (χ1n) is 13.4. The highest BCUT2D eigenvalue weighted by molar-refractivity contribution is 9.10. The van der Waals surface area contributed by atoms with Crippen LogP contribution in [-0.4, -0.2) is 40.9 Å². The molecule has 4 aromatic rings. The second-order valence-corrected chi connectivity index (χ2v) is 11.9. The summed E-state index contributed by atoms with van der Waals surface area (Å²) in [6.45, 7) is 7.40. The van der Waals surface area contributed by atoms with Gasteiger partial charge in [-0.15, -0.1) is 0 Å². The fourth-order valence-electron chi connectivity index (χ4n) is 5.08. The topological polar surface area (TPSA) is 101 Å². The lowest BCUT2D eigenvalue weighted by Gasteiger charge is -2.26. The Morgan fingerprint density at radius 1 is 1.19 bits per heavy atom. The standard InChI is InChI=1S/C31H30BrN3O6S/c1-6-40-26(36)16-34-15-19(21-9-7-8-10-23(21)34)13-25-29(37)35-28(22-14-20(32)11-12-24(22)39-5)27(30(38)41-17(2)3)18(4)33-31(35)42-25/h7-15,17,28H,6,16H2,1-5H3/b25-13-/t28-/m0/s1. The zero-order chi connectivity index (χ0) is 30.1. The number of esters is 2. The SMILES string of the molecule is CCOC(=O)Cn1cc(/C=c2\sc3n(c2=O)[C@@H](c2cc(Br)ccc2OC)C(C(=O)OC(C)C)=C(C)N=3)c2ccccc21. The minimum Gasteiger partial charge on any atom is -0.496 e. The van der Waals surface area contributed by atoms with Gasteiger partial charge in [0.2, 0.25) is 0 Å². The largest absolute Gasteiger partial charge is 0.496 e. The summed E-state index contributed by atoms with van der Waals surface area (Å²) in [5.41, 5.74) is 2.66. The van der Waals surface area contributed by atoms with Crippen molar-refractivity contribution in [3.05, 3.63) is 95.2 Å². The van der Waals surface area contributed by atoms with Crippen LogP contribution in [0.5, 0.6) is 5.75 Å². The lowest BCUT2D eigenvalue weighted by atomic mass is 9.95. The smallest absolute Gasteiger partial charge is 0.338 e.